The van der Waals surface area contributed by atoms with Gasteiger partial charge in [0.1, 0.15) is 0 Å². The Morgan fingerprint density at radius 1 is 1.17 bits per heavy atom. The van der Waals surface area contributed by atoms with E-state index in [1.807, 2.05) is 62.3 Å². The molecule has 0 fully saturated rings. The number of fused-ring (bicyclic) bond motifs is 2. The quantitative estimate of drug-likeness (QED) is 0.467. The average molecular weight is 410 g/mol. The number of methoxy groups -OCH3 is 1. The van der Waals surface area contributed by atoms with Crippen LogP contribution in [0, 0.1) is 6.92 Å². The van der Waals surface area contributed by atoms with E-state index >= 15 is 0 Å². The zero-order chi connectivity index (χ0) is 20.5. The van der Waals surface area contributed by atoms with Gasteiger partial charge in [-0.1, -0.05) is 35.6 Å². The standard InChI is InChI=1S/C22H23N3O3S/c1-14-7-5-10-18-19(14)23-22(29-18)25(12-11-24(2)3)21(26)17-13-15-8-6-9-16(27-4)20(15)28-17/h5-10,13H,11-12H2,1-4H3. The van der Waals surface area contributed by atoms with Crippen LogP contribution in [0.15, 0.2) is 46.9 Å². The van der Waals surface area contributed by atoms with Gasteiger partial charge in [-0.3, -0.25) is 9.69 Å². The topological polar surface area (TPSA) is 58.8 Å². The summed E-state index contributed by atoms with van der Waals surface area (Å²) in [6.45, 7) is 3.26. The van der Waals surface area contributed by atoms with Gasteiger partial charge in [0, 0.05) is 18.5 Å². The summed E-state index contributed by atoms with van der Waals surface area (Å²) in [5.41, 5.74) is 2.60. The molecule has 0 atom stereocenters. The number of hydrogen-bond acceptors (Lipinski definition) is 6. The summed E-state index contributed by atoms with van der Waals surface area (Å²) in [5.74, 6) is 0.679. The molecule has 0 bridgehead atoms. The van der Waals surface area contributed by atoms with Gasteiger partial charge in [0.15, 0.2) is 22.2 Å². The Morgan fingerprint density at radius 3 is 2.69 bits per heavy atom. The molecule has 0 radical (unpaired) electrons. The Labute approximate surface area is 173 Å². The fourth-order valence-electron chi connectivity index (χ4n) is 3.21. The van der Waals surface area contributed by atoms with Crippen LogP contribution in [0.4, 0.5) is 5.13 Å². The van der Waals surface area contributed by atoms with Crippen molar-refractivity contribution in [3.05, 3.63) is 53.8 Å². The van der Waals surface area contributed by atoms with Crippen LogP contribution in [0.2, 0.25) is 0 Å². The van der Waals surface area contributed by atoms with Crippen LogP contribution in [0.3, 0.4) is 0 Å². The number of benzene rings is 2. The summed E-state index contributed by atoms with van der Waals surface area (Å²) >= 11 is 1.52. The Morgan fingerprint density at radius 2 is 1.97 bits per heavy atom. The van der Waals surface area contributed by atoms with Gasteiger partial charge < -0.3 is 14.1 Å². The molecule has 150 valence electrons. The lowest BCUT2D eigenvalue weighted by Crippen LogP contribution is -2.36. The van der Waals surface area contributed by atoms with E-state index in [1.54, 1.807) is 18.1 Å². The second-order valence-electron chi connectivity index (χ2n) is 7.17. The van der Waals surface area contributed by atoms with E-state index in [1.165, 1.54) is 11.3 Å². The van der Waals surface area contributed by atoms with Gasteiger partial charge in [-0.05, 0) is 44.8 Å². The molecule has 29 heavy (non-hydrogen) atoms. The fourth-order valence-corrected chi connectivity index (χ4v) is 4.28. The van der Waals surface area contributed by atoms with Crippen molar-refractivity contribution in [2.45, 2.75) is 6.92 Å². The molecule has 0 saturated carbocycles. The average Bonchev–Trinajstić information content (AvgIpc) is 3.32. The van der Waals surface area contributed by atoms with Crippen LogP contribution in [-0.2, 0) is 0 Å². The van der Waals surface area contributed by atoms with E-state index in [4.69, 9.17) is 14.1 Å². The second kappa shape index (κ2) is 7.85. The number of aryl methyl sites for hydroxylation is 1. The molecule has 0 N–H and O–H groups in total. The molecule has 0 aliphatic rings. The minimum atomic E-state index is -0.207. The zero-order valence-electron chi connectivity index (χ0n) is 16.9. The van der Waals surface area contributed by atoms with Crippen molar-refractivity contribution in [1.82, 2.24) is 9.88 Å². The molecule has 0 unspecified atom stereocenters. The Kier molecular flexibility index (Phi) is 5.25. The number of para-hydroxylation sites is 2. The molecule has 0 saturated heterocycles. The molecule has 7 heteroatoms. The van der Waals surface area contributed by atoms with Crippen molar-refractivity contribution in [3.8, 4) is 5.75 Å². The minimum Gasteiger partial charge on any atom is -0.493 e. The highest BCUT2D eigenvalue weighted by molar-refractivity contribution is 7.22. The lowest BCUT2D eigenvalue weighted by Gasteiger charge is -2.20. The number of rotatable bonds is 6. The molecule has 1 amide bonds. The molecule has 0 aliphatic heterocycles. The number of aromatic nitrogens is 1. The fraction of sp³-hybridized carbons (Fsp3) is 0.273. The highest BCUT2D eigenvalue weighted by Crippen LogP contribution is 2.33. The molecule has 2 aromatic carbocycles. The lowest BCUT2D eigenvalue weighted by molar-refractivity contribution is 0.0960. The normalized spacial score (nSPS) is 11.5. The zero-order valence-corrected chi connectivity index (χ0v) is 17.7. The van der Waals surface area contributed by atoms with Gasteiger partial charge in [-0.25, -0.2) is 4.98 Å². The van der Waals surface area contributed by atoms with Crippen molar-refractivity contribution in [3.63, 3.8) is 0 Å². The smallest absolute Gasteiger partial charge is 0.295 e. The number of hydrogen-bond donors (Lipinski definition) is 0. The van der Waals surface area contributed by atoms with Crippen molar-refractivity contribution in [2.24, 2.45) is 0 Å². The van der Waals surface area contributed by atoms with Crippen molar-refractivity contribution in [2.75, 3.05) is 39.2 Å². The van der Waals surface area contributed by atoms with Crippen LogP contribution in [0.1, 0.15) is 16.1 Å². The number of thiazole rings is 1. The number of anilines is 1. The summed E-state index contributed by atoms with van der Waals surface area (Å²) in [7, 11) is 5.56. The molecular weight excluding hydrogens is 386 g/mol. The molecule has 0 aliphatic carbocycles. The molecule has 2 heterocycles. The van der Waals surface area contributed by atoms with Crippen LogP contribution >= 0.6 is 11.3 Å². The van der Waals surface area contributed by atoms with E-state index in [0.717, 1.165) is 21.2 Å². The van der Waals surface area contributed by atoms with Gasteiger partial charge >= 0.3 is 0 Å². The molecule has 2 aromatic heterocycles. The Hall–Kier alpha value is -2.90. The number of furan rings is 1. The predicted octanol–water partition coefficient (Wildman–Crippen LogP) is 4.57. The lowest BCUT2D eigenvalue weighted by atomic mass is 10.2. The number of amides is 1. The van der Waals surface area contributed by atoms with Gasteiger partial charge in [-0.15, -0.1) is 0 Å². The third-order valence-corrected chi connectivity index (χ3v) is 5.84. The van der Waals surface area contributed by atoms with Crippen LogP contribution in [0.5, 0.6) is 5.75 Å². The molecular formula is C22H23N3O3S. The maximum Gasteiger partial charge on any atom is 0.295 e. The largest absolute Gasteiger partial charge is 0.493 e. The maximum absolute atomic E-state index is 13.4. The third-order valence-electron chi connectivity index (χ3n) is 4.79. The van der Waals surface area contributed by atoms with E-state index in [0.29, 0.717) is 29.6 Å². The van der Waals surface area contributed by atoms with Crippen LogP contribution in [0.25, 0.3) is 21.2 Å². The Balaban J connectivity index is 1.76. The van der Waals surface area contributed by atoms with Crippen molar-refractivity contribution < 1.29 is 13.9 Å². The van der Waals surface area contributed by atoms with E-state index in [9.17, 15) is 4.79 Å². The summed E-state index contributed by atoms with van der Waals surface area (Å²) < 4.78 is 12.3. The van der Waals surface area contributed by atoms with Gasteiger partial charge in [-0.2, -0.15) is 0 Å². The maximum atomic E-state index is 13.4. The first-order valence-electron chi connectivity index (χ1n) is 9.37. The highest BCUT2D eigenvalue weighted by Gasteiger charge is 2.25. The SMILES string of the molecule is COc1cccc2cc(C(=O)N(CCN(C)C)c3nc4c(C)cccc4s3)oc12. The third kappa shape index (κ3) is 3.71. The van der Waals surface area contributed by atoms with Gasteiger partial charge in [0.05, 0.1) is 17.3 Å². The second-order valence-corrected chi connectivity index (χ2v) is 8.18. The van der Waals surface area contributed by atoms with E-state index < -0.39 is 0 Å². The first kappa shape index (κ1) is 19.4. The summed E-state index contributed by atoms with van der Waals surface area (Å²) in [6.07, 6.45) is 0. The summed E-state index contributed by atoms with van der Waals surface area (Å²) in [4.78, 5) is 21.9. The monoisotopic (exact) mass is 409 g/mol. The van der Waals surface area contributed by atoms with Gasteiger partial charge in [0.25, 0.3) is 5.91 Å². The predicted molar refractivity (Wildman–Crippen MR) is 117 cm³/mol. The summed E-state index contributed by atoms with van der Waals surface area (Å²) in [5, 5.41) is 1.51. The molecule has 0 spiro atoms. The van der Waals surface area contributed by atoms with Gasteiger partial charge in [0.2, 0.25) is 0 Å². The Bertz CT molecular complexity index is 1180. The van der Waals surface area contributed by atoms with Crippen molar-refractivity contribution >= 4 is 43.6 Å². The minimum absolute atomic E-state index is 0.207. The first-order chi connectivity index (χ1) is 14.0. The molecule has 4 rings (SSSR count). The molecule has 6 nitrogen and oxygen atoms in total. The first-order valence-corrected chi connectivity index (χ1v) is 10.2. The highest BCUT2D eigenvalue weighted by atomic mass is 32.1. The summed E-state index contributed by atoms with van der Waals surface area (Å²) in [6, 6.07) is 13.4. The van der Waals surface area contributed by atoms with E-state index in [2.05, 4.69) is 0 Å². The number of carbonyl (C=O) groups excluding carboxylic acids is 1. The number of ether oxygens (including phenoxy) is 1. The number of likely N-dealkylation sites (N-methyl/N-ethyl adjacent to an activating group) is 1. The number of carbonyl (C=O) groups is 1. The van der Waals surface area contributed by atoms with E-state index in [-0.39, 0.29) is 11.7 Å². The van der Waals surface area contributed by atoms with Crippen molar-refractivity contribution in [1.29, 1.82) is 0 Å². The van der Waals surface area contributed by atoms with Crippen LogP contribution < -0.4 is 9.64 Å². The van der Waals surface area contributed by atoms with Crippen LogP contribution in [-0.4, -0.2) is 50.1 Å². The number of nitrogens with zero attached hydrogens (tertiary/aromatic N) is 3. The molecule has 4 aromatic rings.